The van der Waals surface area contributed by atoms with Gasteiger partial charge in [0.25, 0.3) is 0 Å². The summed E-state index contributed by atoms with van der Waals surface area (Å²) in [6.07, 6.45) is 15.5. The lowest BCUT2D eigenvalue weighted by molar-refractivity contribution is 0.555. The first-order valence-electron chi connectivity index (χ1n) is 6.50. The van der Waals surface area contributed by atoms with Crippen LogP contribution in [0, 0.1) is 0 Å². The van der Waals surface area contributed by atoms with E-state index in [-0.39, 0.29) is 0 Å². The van der Waals surface area contributed by atoms with Gasteiger partial charge in [-0.1, -0.05) is 83.8 Å². The van der Waals surface area contributed by atoms with Crippen LogP contribution in [0.5, 0.6) is 0 Å². The first-order valence-corrected chi connectivity index (χ1v) is 7.07. The quantitative estimate of drug-likeness (QED) is 0.399. The van der Waals surface area contributed by atoms with Crippen molar-refractivity contribution in [3.05, 3.63) is 0 Å². The number of hydrogen-bond acceptors (Lipinski definition) is 0. The molecular formula is C13H27S. The van der Waals surface area contributed by atoms with Crippen molar-refractivity contribution in [3.8, 4) is 0 Å². The predicted octanol–water partition coefficient (Wildman–Crippen LogP) is 5.49. The van der Waals surface area contributed by atoms with Crippen LogP contribution < -0.4 is 0 Å². The molecule has 0 heterocycles. The van der Waals surface area contributed by atoms with Gasteiger partial charge in [-0.15, -0.1) is 0 Å². The molecule has 0 nitrogen and oxygen atoms in total. The lowest BCUT2D eigenvalue weighted by atomic mass is 10.1. The zero-order valence-corrected chi connectivity index (χ0v) is 10.7. The van der Waals surface area contributed by atoms with Gasteiger partial charge in [-0.2, -0.15) is 0 Å². The van der Waals surface area contributed by atoms with Crippen LogP contribution in [0.2, 0.25) is 0 Å². The van der Waals surface area contributed by atoms with Crippen molar-refractivity contribution in [2.45, 2.75) is 77.6 Å². The molecule has 0 rings (SSSR count). The van der Waals surface area contributed by atoms with Crippen molar-refractivity contribution >= 4 is 12.6 Å². The molecule has 1 heteroatoms. The second-order valence-electron chi connectivity index (χ2n) is 4.24. The van der Waals surface area contributed by atoms with Crippen LogP contribution in [-0.2, 0) is 0 Å². The molecule has 0 bridgehead atoms. The molecule has 14 heavy (non-hydrogen) atoms. The minimum Gasteiger partial charge on any atom is -0.0942 e. The minimum absolute atomic E-state index is 0.955. The zero-order chi connectivity index (χ0) is 10.5. The first-order chi connectivity index (χ1) is 6.91. The van der Waals surface area contributed by atoms with Crippen molar-refractivity contribution in [2.75, 3.05) is 5.75 Å². The summed E-state index contributed by atoms with van der Waals surface area (Å²) < 4.78 is 0. The predicted molar refractivity (Wildman–Crippen MR) is 68.9 cm³/mol. The van der Waals surface area contributed by atoms with Gasteiger partial charge in [0.1, 0.15) is 0 Å². The summed E-state index contributed by atoms with van der Waals surface area (Å²) in [5, 5.41) is 0. The normalized spacial score (nSPS) is 10.7. The standard InChI is InChI=1S/C13H27S/c1-2-3-4-5-6-7-8-9-10-11-12-13-14/h2-13H2,1H3. The van der Waals surface area contributed by atoms with Crippen LogP contribution in [0.25, 0.3) is 0 Å². The Morgan fingerprint density at radius 2 is 0.929 bits per heavy atom. The van der Waals surface area contributed by atoms with Crippen molar-refractivity contribution in [2.24, 2.45) is 0 Å². The Hall–Kier alpha value is 0.350. The second kappa shape index (κ2) is 13.4. The van der Waals surface area contributed by atoms with E-state index in [1.807, 2.05) is 0 Å². The summed E-state index contributed by atoms with van der Waals surface area (Å²) in [7, 11) is 0. The van der Waals surface area contributed by atoms with E-state index in [1.165, 1.54) is 70.6 Å². The van der Waals surface area contributed by atoms with E-state index in [9.17, 15) is 0 Å². The third kappa shape index (κ3) is 12.3. The number of unbranched alkanes of at least 4 members (excludes halogenated alkanes) is 10. The summed E-state index contributed by atoms with van der Waals surface area (Å²) in [6, 6.07) is 0. The van der Waals surface area contributed by atoms with Gasteiger partial charge < -0.3 is 0 Å². The maximum Gasteiger partial charge on any atom is 0.00369 e. The van der Waals surface area contributed by atoms with Crippen LogP contribution in [0.4, 0.5) is 0 Å². The summed E-state index contributed by atoms with van der Waals surface area (Å²) >= 11 is 4.91. The monoisotopic (exact) mass is 215 g/mol. The van der Waals surface area contributed by atoms with Crippen LogP contribution in [0.15, 0.2) is 0 Å². The molecule has 0 saturated heterocycles. The highest BCUT2D eigenvalue weighted by atomic mass is 32.1. The Morgan fingerprint density at radius 3 is 1.29 bits per heavy atom. The van der Waals surface area contributed by atoms with Gasteiger partial charge in [-0.05, 0) is 6.42 Å². The Balaban J connectivity index is 2.78. The molecule has 0 aliphatic heterocycles. The molecule has 0 aliphatic rings. The third-order valence-electron chi connectivity index (χ3n) is 2.75. The molecule has 0 fully saturated rings. The van der Waals surface area contributed by atoms with E-state index in [4.69, 9.17) is 12.6 Å². The molecule has 0 aliphatic carbocycles. The van der Waals surface area contributed by atoms with Crippen molar-refractivity contribution in [3.63, 3.8) is 0 Å². The second-order valence-corrected chi connectivity index (χ2v) is 4.65. The highest BCUT2D eigenvalue weighted by Crippen LogP contribution is 2.11. The van der Waals surface area contributed by atoms with E-state index in [0.29, 0.717) is 0 Å². The third-order valence-corrected chi connectivity index (χ3v) is 3.04. The lowest BCUT2D eigenvalue weighted by Crippen LogP contribution is -1.82. The fraction of sp³-hybridized carbons (Fsp3) is 1.00. The van der Waals surface area contributed by atoms with Crippen molar-refractivity contribution in [1.29, 1.82) is 0 Å². The largest absolute Gasteiger partial charge is 0.0942 e. The van der Waals surface area contributed by atoms with Gasteiger partial charge in [-0.3, -0.25) is 0 Å². The zero-order valence-electron chi connectivity index (χ0n) is 9.89. The molecule has 0 amide bonds. The van der Waals surface area contributed by atoms with E-state index < -0.39 is 0 Å². The summed E-state index contributed by atoms with van der Waals surface area (Å²) in [5.41, 5.74) is 0. The van der Waals surface area contributed by atoms with Crippen molar-refractivity contribution in [1.82, 2.24) is 0 Å². The molecule has 0 atom stereocenters. The van der Waals surface area contributed by atoms with Crippen LogP contribution in [0.3, 0.4) is 0 Å². The van der Waals surface area contributed by atoms with E-state index in [0.717, 1.165) is 5.75 Å². The Labute approximate surface area is 96.3 Å². The molecule has 1 radical (unpaired) electrons. The topological polar surface area (TPSA) is 0 Å². The molecule has 0 aromatic heterocycles. The van der Waals surface area contributed by atoms with Crippen LogP contribution in [-0.4, -0.2) is 5.75 Å². The minimum atomic E-state index is 0.955. The van der Waals surface area contributed by atoms with Gasteiger partial charge >= 0.3 is 0 Å². The van der Waals surface area contributed by atoms with E-state index in [1.54, 1.807) is 0 Å². The highest BCUT2D eigenvalue weighted by molar-refractivity contribution is 7.80. The van der Waals surface area contributed by atoms with E-state index >= 15 is 0 Å². The van der Waals surface area contributed by atoms with E-state index in [2.05, 4.69) is 6.92 Å². The van der Waals surface area contributed by atoms with Gasteiger partial charge in [0.05, 0.1) is 0 Å². The average Bonchev–Trinajstić information content (AvgIpc) is 2.21. The fourth-order valence-corrected chi connectivity index (χ4v) is 1.97. The summed E-state index contributed by atoms with van der Waals surface area (Å²) in [4.78, 5) is 0. The van der Waals surface area contributed by atoms with Crippen LogP contribution in [0.1, 0.15) is 77.6 Å². The molecule has 0 unspecified atom stereocenters. The van der Waals surface area contributed by atoms with Gasteiger partial charge in [-0.25, -0.2) is 0 Å². The molecule has 0 saturated carbocycles. The molecule has 0 aromatic rings. The van der Waals surface area contributed by atoms with Gasteiger partial charge in [0, 0.05) is 5.75 Å². The Kier molecular flexibility index (Phi) is 13.7. The molecule has 85 valence electrons. The Bertz CT molecular complexity index is 79.2. The smallest absolute Gasteiger partial charge is 0.00369 e. The fourth-order valence-electron chi connectivity index (χ4n) is 1.77. The van der Waals surface area contributed by atoms with Crippen LogP contribution >= 0.6 is 12.6 Å². The summed E-state index contributed by atoms with van der Waals surface area (Å²) in [5.74, 6) is 0.955. The summed E-state index contributed by atoms with van der Waals surface area (Å²) in [6.45, 7) is 2.28. The molecular weight excluding hydrogens is 188 g/mol. The SMILES string of the molecule is CCCCCCCCCCCCC[S]. The van der Waals surface area contributed by atoms with Gasteiger partial charge in [0.15, 0.2) is 0 Å². The number of rotatable bonds is 11. The Morgan fingerprint density at radius 1 is 0.571 bits per heavy atom. The molecule has 0 spiro atoms. The van der Waals surface area contributed by atoms with Crippen molar-refractivity contribution < 1.29 is 0 Å². The van der Waals surface area contributed by atoms with Gasteiger partial charge in [0.2, 0.25) is 0 Å². The lowest BCUT2D eigenvalue weighted by Gasteiger charge is -2.01. The highest BCUT2D eigenvalue weighted by Gasteiger charge is 1.91. The maximum absolute atomic E-state index is 4.91. The first kappa shape index (κ1) is 14.3. The molecule has 0 aromatic carbocycles. The number of hydrogen-bond donors (Lipinski definition) is 0. The average molecular weight is 215 g/mol. The molecule has 0 N–H and O–H groups in total. The maximum atomic E-state index is 4.91.